The molecule has 2 aliphatic heterocycles. The van der Waals surface area contributed by atoms with Crippen LogP contribution in [0.3, 0.4) is 0 Å². The van der Waals surface area contributed by atoms with Crippen molar-refractivity contribution in [1.82, 2.24) is 15.1 Å². The Bertz CT molecular complexity index is 183. The normalized spacial score (nSPS) is 24.1. The minimum atomic E-state index is 1.08. The molecule has 1 fully saturated rings. The maximum atomic E-state index is 3.24. The van der Waals surface area contributed by atoms with Crippen molar-refractivity contribution in [2.45, 2.75) is 13.3 Å². The van der Waals surface area contributed by atoms with Crippen molar-refractivity contribution >= 4 is 0 Å². The molecule has 0 unspecified atom stereocenters. The summed E-state index contributed by atoms with van der Waals surface area (Å²) in [5, 5.41) is 3.24. The lowest BCUT2D eigenvalue weighted by Crippen LogP contribution is -2.42. The summed E-state index contributed by atoms with van der Waals surface area (Å²) in [6.07, 6.45) is 3.48. The SMILES string of the molecule is CC1=CCNCC1.CN1CCN(C)CC1. The highest BCUT2D eigenvalue weighted by atomic mass is 15.2. The van der Waals surface area contributed by atoms with Gasteiger partial charge in [-0.1, -0.05) is 11.6 Å². The summed E-state index contributed by atoms with van der Waals surface area (Å²) in [7, 11) is 4.35. The van der Waals surface area contributed by atoms with E-state index in [1.54, 1.807) is 0 Å². The summed E-state index contributed by atoms with van der Waals surface area (Å²) in [5.74, 6) is 0. The van der Waals surface area contributed by atoms with Crippen molar-refractivity contribution in [3.05, 3.63) is 11.6 Å². The first-order chi connectivity index (χ1) is 7.18. The minimum Gasteiger partial charge on any atom is -0.313 e. The molecule has 2 aliphatic rings. The van der Waals surface area contributed by atoms with Crippen molar-refractivity contribution in [2.24, 2.45) is 0 Å². The van der Waals surface area contributed by atoms with E-state index < -0.39 is 0 Å². The number of hydrogen-bond acceptors (Lipinski definition) is 3. The van der Waals surface area contributed by atoms with E-state index in [4.69, 9.17) is 0 Å². The molecule has 3 heteroatoms. The highest BCUT2D eigenvalue weighted by Gasteiger charge is 2.07. The Balaban J connectivity index is 0.000000151. The van der Waals surface area contributed by atoms with Gasteiger partial charge in [0.05, 0.1) is 0 Å². The van der Waals surface area contributed by atoms with Crippen LogP contribution in [-0.4, -0.2) is 63.2 Å². The third kappa shape index (κ3) is 5.92. The van der Waals surface area contributed by atoms with Gasteiger partial charge >= 0.3 is 0 Å². The second kappa shape index (κ2) is 6.99. The highest BCUT2D eigenvalue weighted by Crippen LogP contribution is 1.99. The molecule has 0 saturated carbocycles. The van der Waals surface area contributed by atoms with E-state index in [2.05, 4.69) is 42.2 Å². The fraction of sp³-hybridized carbons (Fsp3) is 0.833. The van der Waals surface area contributed by atoms with Crippen molar-refractivity contribution < 1.29 is 0 Å². The fourth-order valence-electron chi connectivity index (χ4n) is 1.64. The Hall–Kier alpha value is -0.380. The van der Waals surface area contributed by atoms with Gasteiger partial charge in [-0.05, 0) is 34.0 Å². The van der Waals surface area contributed by atoms with Crippen LogP contribution < -0.4 is 5.32 Å². The van der Waals surface area contributed by atoms with E-state index in [1.165, 1.54) is 44.7 Å². The smallest absolute Gasteiger partial charge is 0.0137 e. The molecule has 0 spiro atoms. The Morgan fingerprint density at radius 3 is 1.87 bits per heavy atom. The van der Waals surface area contributed by atoms with E-state index in [1.807, 2.05) is 0 Å². The van der Waals surface area contributed by atoms with Crippen LogP contribution in [0.5, 0.6) is 0 Å². The zero-order valence-corrected chi connectivity index (χ0v) is 10.4. The quantitative estimate of drug-likeness (QED) is 0.598. The van der Waals surface area contributed by atoms with Crippen molar-refractivity contribution in [3.63, 3.8) is 0 Å². The molecule has 0 aromatic carbocycles. The Morgan fingerprint density at radius 2 is 1.60 bits per heavy atom. The molecule has 3 nitrogen and oxygen atoms in total. The van der Waals surface area contributed by atoms with Gasteiger partial charge in [-0.3, -0.25) is 0 Å². The number of piperazine rings is 1. The average molecular weight is 211 g/mol. The van der Waals surface area contributed by atoms with Crippen LogP contribution in [0.25, 0.3) is 0 Å². The number of likely N-dealkylation sites (N-methyl/N-ethyl adjacent to an activating group) is 2. The van der Waals surface area contributed by atoms with Crippen molar-refractivity contribution in [3.8, 4) is 0 Å². The second-order valence-electron chi connectivity index (χ2n) is 4.61. The lowest BCUT2D eigenvalue weighted by molar-refractivity contribution is 0.181. The van der Waals surface area contributed by atoms with Crippen LogP contribution in [-0.2, 0) is 0 Å². The van der Waals surface area contributed by atoms with Gasteiger partial charge in [-0.25, -0.2) is 0 Å². The largest absolute Gasteiger partial charge is 0.313 e. The first-order valence-electron chi connectivity index (χ1n) is 5.92. The van der Waals surface area contributed by atoms with Gasteiger partial charge in [-0.2, -0.15) is 0 Å². The highest BCUT2D eigenvalue weighted by molar-refractivity contribution is 5.02. The predicted molar refractivity (Wildman–Crippen MR) is 66.2 cm³/mol. The average Bonchev–Trinajstić information content (AvgIpc) is 2.25. The molecule has 0 radical (unpaired) electrons. The molecule has 88 valence electrons. The van der Waals surface area contributed by atoms with Gasteiger partial charge in [0, 0.05) is 32.7 Å². The molecule has 2 heterocycles. The lowest BCUT2D eigenvalue weighted by Gasteiger charge is -2.28. The van der Waals surface area contributed by atoms with Gasteiger partial charge in [0.25, 0.3) is 0 Å². The molecule has 0 aromatic heterocycles. The van der Waals surface area contributed by atoms with Crippen molar-refractivity contribution in [1.29, 1.82) is 0 Å². The third-order valence-corrected chi connectivity index (χ3v) is 3.02. The molecule has 0 aromatic rings. The summed E-state index contributed by atoms with van der Waals surface area (Å²) in [6, 6.07) is 0. The topological polar surface area (TPSA) is 18.5 Å². The molecule has 0 bridgehead atoms. The monoisotopic (exact) mass is 211 g/mol. The van der Waals surface area contributed by atoms with E-state index in [9.17, 15) is 0 Å². The molecular weight excluding hydrogens is 186 g/mol. The van der Waals surface area contributed by atoms with Crippen LogP contribution in [0.4, 0.5) is 0 Å². The molecule has 1 N–H and O–H groups in total. The zero-order valence-electron chi connectivity index (χ0n) is 10.4. The standard InChI is InChI=1S/C6H14N2.C6H11N/c1-7-3-5-8(2)6-4-7;1-6-2-4-7-5-3-6/h3-6H2,1-2H3;2,7H,3-5H2,1H3. The van der Waals surface area contributed by atoms with Crippen LogP contribution >= 0.6 is 0 Å². The lowest BCUT2D eigenvalue weighted by atomic mass is 10.1. The molecule has 0 atom stereocenters. The number of rotatable bonds is 0. The molecule has 1 saturated heterocycles. The number of nitrogens with zero attached hydrogens (tertiary/aromatic N) is 2. The second-order valence-corrected chi connectivity index (χ2v) is 4.61. The van der Waals surface area contributed by atoms with Crippen molar-refractivity contribution in [2.75, 3.05) is 53.4 Å². The first kappa shape index (κ1) is 12.7. The Morgan fingerprint density at radius 1 is 1.07 bits per heavy atom. The molecule has 15 heavy (non-hydrogen) atoms. The van der Waals surface area contributed by atoms with Gasteiger partial charge in [0.15, 0.2) is 0 Å². The predicted octanol–water partition coefficient (Wildman–Crippen LogP) is 0.790. The van der Waals surface area contributed by atoms with Crippen LogP contribution in [0, 0.1) is 0 Å². The van der Waals surface area contributed by atoms with Gasteiger partial charge < -0.3 is 15.1 Å². The maximum Gasteiger partial charge on any atom is 0.0137 e. The number of nitrogens with one attached hydrogen (secondary N) is 1. The van der Waals surface area contributed by atoms with Gasteiger partial charge in [-0.15, -0.1) is 0 Å². The third-order valence-electron chi connectivity index (χ3n) is 3.02. The molecule has 0 aliphatic carbocycles. The minimum absolute atomic E-state index is 1.08. The van der Waals surface area contributed by atoms with Crippen LogP contribution in [0.15, 0.2) is 11.6 Å². The van der Waals surface area contributed by atoms with E-state index in [0.717, 1.165) is 6.54 Å². The fourth-order valence-corrected chi connectivity index (χ4v) is 1.64. The first-order valence-corrected chi connectivity index (χ1v) is 5.92. The summed E-state index contributed by atoms with van der Waals surface area (Å²) in [4.78, 5) is 4.72. The Labute approximate surface area is 94.1 Å². The van der Waals surface area contributed by atoms with Gasteiger partial charge in [0.2, 0.25) is 0 Å². The van der Waals surface area contributed by atoms with E-state index >= 15 is 0 Å². The summed E-state index contributed by atoms with van der Waals surface area (Å²) >= 11 is 0. The zero-order chi connectivity index (χ0) is 11.1. The maximum absolute atomic E-state index is 3.24. The summed E-state index contributed by atoms with van der Waals surface area (Å²) in [5.41, 5.74) is 1.53. The molecule has 0 amide bonds. The van der Waals surface area contributed by atoms with E-state index in [0.29, 0.717) is 0 Å². The summed E-state index contributed by atoms with van der Waals surface area (Å²) in [6.45, 7) is 9.36. The number of hydrogen-bond donors (Lipinski definition) is 1. The van der Waals surface area contributed by atoms with Crippen LogP contribution in [0.2, 0.25) is 0 Å². The Kier molecular flexibility index (Phi) is 5.91. The molecule has 2 rings (SSSR count). The van der Waals surface area contributed by atoms with E-state index in [-0.39, 0.29) is 0 Å². The molecular formula is C12H25N3. The van der Waals surface area contributed by atoms with Gasteiger partial charge in [0.1, 0.15) is 0 Å². The van der Waals surface area contributed by atoms with Crippen LogP contribution in [0.1, 0.15) is 13.3 Å². The summed E-state index contributed by atoms with van der Waals surface area (Å²) < 4.78 is 0.